The Labute approximate surface area is 95.5 Å². The molecule has 2 nitrogen and oxygen atoms in total. The highest BCUT2D eigenvalue weighted by atomic mass is 35.5. The van der Waals surface area contributed by atoms with Gasteiger partial charge in [-0.25, -0.2) is 0 Å². The predicted octanol–water partition coefficient (Wildman–Crippen LogP) is 2.40. The van der Waals surface area contributed by atoms with Crippen molar-refractivity contribution in [2.75, 3.05) is 0 Å². The van der Waals surface area contributed by atoms with E-state index in [4.69, 9.17) is 11.6 Å². The van der Waals surface area contributed by atoms with Gasteiger partial charge in [0.2, 0.25) is 0 Å². The third kappa shape index (κ3) is 3.49. The minimum atomic E-state index is -1.04. The van der Waals surface area contributed by atoms with Gasteiger partial charge < -0.3 is 10.2 Å². The Kier molecular flexibility index (Phi) is 4.14. The summed E-state index contributed by atoms with van der Waals surface area (Å²) in [4.78, 5) is 0. The maximum atomic E-state index is 9.84. The van der Waals surface area contributed by atoms with Crippen LogP contribution < -0.4 is 0 Å². The van der Waals surface area contributed by atoms with Gasteiger partial charge in [0.25, 0.3) is 0 Å². The zero-order valence-corrected chi connectivity index (χ0v) is 9.83. The number of benzene rings is 1. The van der Waals surface area contributed by atoms with Crippen molar-refractivity contribution in [3.63, 3.8) is 0 Å². The number of aliphatic hydroxyl groups excluding tert-OH is 1. The van der Waals surface area contributed by atoms with Crippen LogP contribution in [-0.2, 0) is 6.42 Å². The minimum absolute atomic E-state index is 0.418. The van der Waals surface area contributed by atoms with Crippen LogP contribution in [0.3, 0.4) is 0 Å². The van der Waals surface area contributed by atoms with E-state index in [1.165, 1.54) is 0 Å². The second kappa shape index (κ2) is 4.97. The Morgan fingerprint density at radius 3 is 2.67 bits per heavy atom. The minimum Gasteiger partial charge on any atom is -0.390 e. The first kappa shape index (κ1) is 12.5. The third-order valence-electron chi connectivity index (χ3n) is 2.75. The van der Waals surface area contributed by atoms with Crippen molar-refractivity contribution in [1.29, 1.82) is 0 Å². The first-order valence-electron chi connectivity index (χ1n) is 5.10. The summed E-state index contributed by atoms with van der Waals surface area (Å²) in [6.07, 6.45) is 0.178. The molecule has 0 bridgehead atoms. The van der Waals surface area contributed by atoms with E-state index >= 15 is 0 Å². The molecule has 2 atom stereocenters. The Hall–Kier alpha value is -0.570. The van der Waals surface area contributed by atoms with E-state index in [-0.39, 0.29) is 0 Å². The van der Waals surface area contributed by atoms with Gasteiger partial charge in [-0.1, -0.05) is 30.7 Å². The first-order valence-corrected chi connectivity index (χ1v) is 5.48. The average molecular weight is 229 g/mol. The molecule has 0 amide bonds. The largest absolute Gasteiger partial charge is 0.390 e. The van der Waals surface area contributed by atoms with E-state index in [1.807, 2.05) is 19.1 Å². The zero-order chi connectivity index (χ0) is 11.5. The molecule has 2 N–H and O–H groups in total. The van der Waals surface area contributed by atoms with Crippen LogP contribution in [0.2, 0.25) is 5.02 Å². The summed E-state index contributed by atoms with van der Waals surface area (Å²) < 4.78 is 0. The quantitative estimate of drug-likeness (QED) is 0.831. The van der Waals surface area contributed by atoms with Crippen molar-refractivity contribution in [2.45, 2.75) is 38.4 Å². The number of halogens is 1. The van der Waals surface area contributed by atoms with Crippen LogP contribution in [0.4, 0.5) is 0 Å². The fourth-order valence-electron chi connectivity index (χ4n) is 1.34. The molecule has 0 saturated heterocycles. The number of hydrogen-bond acceptors (Lipinski definition) is 2. The Balaban J connectivity index is 2.70. The predicted molar refractivity (Wildman–Crippen MR) is 62.1 cm³/mol. The van der Waals surface area contributed by atoms with Gasteiger partial charge in [-0.2, -0.15) is 0 Å². The summed E-state index contributed by atoms with van der Waals surface area (Å²) in [5.41, 5.74) is -0.105. The maximum Gasteiger partial charge on any atom is 0.0878 e. The van der Waals surface area contributed by atoms with Gasteiger partial charge in [0.1, 0.15) is 0 Å². The molecular formula is C12H17ClO2. The van der Waals surface area contributed by atoms with E-state index < -0.39 is 11.7 Å². The number of rotatable bonds is 4. The molecule has 0 aliphatic heterocycles. The highest BCUT2D eigenvalue weighted by Gasteiger charge is 2.28. The lowest BCUT2D eigenvalue weighted by Crippen LogP contribution is -2.39. The maximum absolute atomic E-state index is 9.84. The Morgan fingerprint density at radius 2 is 2.13 bits per heavy atom. The second-order valence-corrected chi connectivity index (χ2v) is 4.50. The zero-order valence-electron chi connectivity index (χ0n) is 9.07. The van der Waals surface area contributed by atoms with Gasteiger partial charge >= 0.3 is 0 Å². The molecule has 15 heavy (non-hydrogen) atoms. The Morgan fingerprint density at radius 1 is 1.47 bits per heavy atom. The van der Waals surface area contributed by atoms with Crippen molar-refractivity contribution in [3.05, 3.63) is 34.9 Å². The van der Waals surface area contributed by atoms with Crippen LogP contribution in [0.25, 0.3) is 0 Å². The molecule has 0 aliphatic carbocycles. The molecule has 0 saturated carbocycles. The molecule has 0 radical (unpaired) electrons. The van der Waals surface area contributed by atoms with Gasteiger partial charge in [0, 0.05) is 11.4 Å². The smallest absolute Gasteiger partial charge is 0.0878 e. The molecule has 84 valence electrons. The molecule has 3 heteroatoms. The van der Waals surface area contributed by atoms with Crippen molar-refractivity contribution in [3.8, 4) is 0 Å². The number of hydrogen-bond donors (Lipinski definition) is 2. The highest BCUT2D eigenvalue weighted by Crippen LogP contribution is 2.19. The molecule has 0 spiro atoms. The molecule has 0 fully saturated rings. The summed E-state index contributed by atoms with van der Waals surface area (Å²) in [6.45, 7) is 3.49. The van der Waals surface area contributed by atoms with Gasteiger partial charge in [0.05, 0.1) is 11.7 Å². The van der Waals surface area contributed by atoms with E-state index in [2.05, 4.69) is 0 Å². The topological polar surface area (TPSA) is 40.5 Å². The van der Waals surface area contributed by atoms with E-state index in [1.54, 1.807) is 19.1 Å². The van der Waals surface area contributed by atoms with E-state index in [9.17, 15) is 10.2 Å². The van der Waals surface area contributed by atoms with Crippen molar-refractivity contribution in [2.24, 2.45) is 0 Å². The lowest BCUT2D eigenvalue weighted by Gasteiger charge is -2.27. The van der Waals surface area contributed by atoms with Gasteiger partial charge in [-0.3, -0.25) is 0 Å². The van der Waals surface area contributed by atoms with Crippen LogP contribution in [0.1, 0.15) is 25.8 Å². The fraction of sp³-hybridized carbons (Fsp3) is 0.500. The average Bonchev–Trinajstić information content (AvgIpc) is 2.17. The molecule has 0 aliphatic rings. The van der Waals surface area contributed by atoms with Crippen LogP contribution in [0, 0.1) is 0 Å². The van der Waals surface area contributed by atoms with E-state index in [0.717, 1.165) is 5.56 Å². The van der Waals surface area contributed by atoms with Crippen LogP contribution in [-0.4, -0.2) is 21.9 Å². The van der Waals surface area contributed by atoms with Gasteiger partial charge in [-0.15, -0.1) is 0 Å². The molecular weight excluding hydrogens is 212 g/mol. The normalized spacial score (nSPS) is 17.1. The van der Waals surface area contributed by atoms with Crippen LogP contribution in [0.15, 0.2) is 24.3 Å². The van der Waals surface area contributed by atoms with Gasteiger partial charge in [-0.05, 0) is 31.0 Å². The summed E-state index contributed by atoms with van der Waals surface area (Å²) in [5, 5.41) is 20.3. The van der Waals surface area contributed by atoms with E-state index in [0.29, 0.717) is 17.9 Å². The molecule has 2 unspecified atom stereocenters. The van der Waals surface area contributed by atoms with Gasteiger partial charge in [0.15, 0.2) is 0 Å². The summed E-state index contributed by atoms with van der Waals surface area (Å²) in [6, 6.07) is 7.32. The van der Waals surface area contributed by atoms with Crippen molar-refractivity contribution < 1.29 is 10.2 Å². The monoisotopic (exact) mass is 228 g/mol. The molecule has 1 aromatic rings. The van der Waals surface area contributed by atoms with Crippen molar-refractivity contribution in [1.82, 2.24) is 0 Å². The van der Waals surface area contributed by atoms with Crippen LogP contribution in [0.5, 0.6) is 0 Å². The lowest BCUT2D eigenvalue weighted by molar-refractivity contribution is -0.0629. The Bertz CT molecular complexity index is 323. The SMILES string of the molecule is CCC(C)(O)C(O)Cc1cccc(Cl)c1. The molecule has 1 aromatic carbocycles. The fourth-order valence-corrected chi connectivity index (χ4v) is 1.56. The summed E-state index contributed by atoms with van der Waals surface area (Å²) >= 11 is 5.83. The highest BCUT2D eigenvalue weighted by molar-refractivity contribution is 6.30. The standard InChI is InChI=1S/C12H17ClO2/c1-3-12(2,15)11(14)8-9-5-4-6-10(13)7-9/h4-7,11,14-15H,3,8H2,1-2H3. The first-order chi connectivity index (χ1) is 6.95. The third-order valence-corrected chi connectivity index (χ3v) is 2.99. The molecule has 0 heterocycles. The summed E-state index contributed by atoms with van der Waals surface area (Å²) in [7, 11) is 0. The molecule has 0 aromatic heterocycles. The summed E-state index contributed by atoms with van der Waals surface area (Å²) in [5.74, 6) is 0. The molecule has 1 rings (SSSR count). The number of aliphatic hydroxyl groups is 2. The van der Waals surface area contributed by atoms with Crippen molar-refractivity contribution >= 4 is 11.6 Å². The van der Waals surface area contributed by atoms with Crippen LogP contribution >= 0.6 is 11.6 Å². The lowest BCUT2D eigenvalue weighted by atomic mass is 9.91. The second-order valence-electron chi connectivity index (χ2n) is 4.06.